The molecule has 2 rings (SSSR count). The molecule has 0 aromatic heterocycles. The second-order valence-corrected chi connectivity index (χ2v) is 7.20. The summed E-state index contributed by atoms with van der Waals surface area (Å²) in [6.45, 7) is 6.65. The average molecular weight is 267 g/mol. The summed E-state index contributed by atoms with van der Waals surface area (Å²) in [4.78, 5) is 0. The number of rotatable bonds is 3. The van der Waals surface area contributed by atoms with Gasteiger partial charge in [0.25, 0.3) is 0 Å². The minimum atomic E-state index is -0.969. The first-order chi connectivity index (χ1) is 8.52. The standard InChI is InChI=1S/C14H21NO2S/c1-9(2)10(3)18(16)13-8-17-12-7-5-4-6-11(12)14(13)15/h4-7,9-10,13-14H,8,15H2,1-3H3. The van der Waals surface area contributed by atoms with Gasteiger partial charge in [-0.2, -0.15) is 0 Å². The molecule has 0 saturated heterocycles. The number of hydrogen-bond acceptors (Lipinski definition) is 3. The van der Waals surface area contributed by atoms with Gasteiger partial charge in [-0.15, -0.1) is 0 Å². The first-order valence-electron chi connectivity index (χ1n) is 6.39. The number of hydrogen-bond donors (Lipinski definition) is 1. The van der Waals surface area contributed by atoms with Gasteiger partial charge in [-0.3, -0.25) is 4.21 Å². The molecule has 1 aliphatic heterocycles. The van der Waals surface area contributed by atoms with Crippen molar-refractivity contribution in [1.29, 1.82) is 0 Å². The van der Waals surface area contributed by atoms with Crippen molar-refractivity contribution in [2.24, 2.45) is 11.7 Å². The first-order valence-corrected chi connectivity index (χ1v) is 7.66. The van der Waals surface area contributed by atoms with Crippen molar-refractivity contribution in [2.75, 3.05) is 6.61 Å². The van der Waals surface area contributed by atoms with Gasteiger partial charge in [0.1, 0.15) is 12.4 Å². The molecule has 0 spiro atoms. The quantitative estimate of drug-likeness (QED) is 0.913. The van der Waals surface area contributed by atoms with E-state index in [1.165, 1.54) is 0 Å². The van der Waals surface area contributed by atoms with Crippen LogP contribution in [0.2, 0.25) is 0 Å². The molecule has 4 heteroatoms. The molecule has 0 saturated carbocycles. The van der Waals surface area contributed by atoms with E-state index in [0.29, 0.717) is 12.5 Å². The van der Waals surface area contributed by atoms with Crippen molar-refractivity contribution in [1.82, 2.24) is 0 Å². The second kappa shape index (κ2) is 5.41. The van der Waals surface area contributed by atoms with Crippen molar-refractivity contribution in [2.45, 2.75) is 37.3 Å². The number of benzene rings is 1. The SMILES string of the molecule is CC(C)C(C)S(=O)C1COc2ccccc2C1N. The fourth-order valence-corrected chi connectivity index (χ4v) is 3.84. The lowest BCUT2D eigenvalue weighted by Gasteiger charge is -2.32. The third kappa shape index (κ3) is 2.45. The zero-order chi connectivity index (χ0) is 13.3. The highest BCUT2D eigenvalue weighted by atomic mass is 32.2. The Balaban J connectivity index is 2.21. The Labute approximate surface area is 111 Å². The van der Waals surface area contributed by atoms with Crippen LogP contribution in [0.1, 0.15) is 32.4 Å². The van der Waals surface area contributed by atoms with Crippen LogP contribution in [0.25, 0.3) is 0 Å². The summed E-state index contributed by atoms with van der Waals surface area (Å²) in [5.74, 6) is 1.21. The van der Waals surface area contributed by atoms with E-state index < -0.39 is 10.8 Å². The van der Waals surface area contributed by atoms with Crippen molar-refractivity contribution < 1.29 is 8.95 Å². The lowest BCUT2D eigenvalue weighted by Crippen LogP contribution is -2.42. The van der Waals surface area contributed by atoms with Gasteiger partial charge in [0, 0.05) is 21.6 Å². The van der Waals surface area contributed by atoms with E-state index in [9.17, 15) is 4.21 Å². The Hall–Kier alpha value is -0.870. The van der Waals surface area contributed by atoms with Gasteiger partial charge in [-0.05, 0) is 12.0 Å². The Morgan fingerprint density at radius 3 is 2.67 bits per heavy atom. The van der Waals surface area contributed by atoms with Crippen LogP contribution in [-0.4, -0.2) is 21.3 Å². The maximum absolute atomic E-state index is 12.5. The van der Waals surface area contributed by atoms with E-state index in [-0.39, 0.29) is 16.5 Å². The average Bonchev–Trinajstić information content (AvgIpc) is 2.37. The predicted molar refractivity (Wildman–Crippen MR) is 75.1 cm³/mol. The maximum atomic E-state index is 12.5. The summed E-state index contributed by atoms with van der Waals surface area (Å²) < 4.78 is 18.2. The highest BCUT2D eigenvalue weighted by molar-refractivity contribution is 7.86. The van der Waals surface area contributed by atoms with E-state index in [4.69, 9.17) is 10.5 Å². The minimum absolute atomic E-state index is 0.114. The van der Waals surface area contributed by atoms with Crippen LogP contribution in [-0.2, 0) is 10.8 Å². The molecule has 1 aliphatic rings. The zero-order valence-corrected chi connectivity index (χ0v) is 11.9. The van der Waals surface area contributed by atoms with Crippen LogP contribution in [0.3, 0.4) is 0 Å². The third-order valence-corrected chi connectivity index (χ3v) is 5.99. The molecule has 3 nitrogen and oxygen atoms in total. The first kappa shape index (κ1) is 13.6. The molecule has 0 bridgehead atoms. The van der Waals surface area contributed by atoms with E-state index in [1.54, 1.807) is 0 Å². The molecule has 4 unspecified atom stereocenters. The number of ether oxygens (including phenoxy) is 1. The van der Waals surface area contributed by atoms with Gasteiger partial charge in [0.15, 0.2) is 0 Å². The topological polar surface area (TPSA) is 52.3 Å². The van der Waals surface area contributed by atoms with Crippen LogP contribution in [0.5, 0.6) is 5.75 Å². The lowest BCUT2D eigenvalue weighted by molar-refractivity contribution is 0.272. The summed E-state index contributed by atoms with van der Waals surface area (Å²) in [7, 11) is -0.969. The van der Waals surface area contributed by atoms with Gasteiger partial charge in [0.2, 0.25) is 0 Å². The van der Waals surface area contributed by atoms with E-state index in [1.807, 2.05) is 31.2 Å². The summed E-state index contributed by atoms with van der Waals surface area (Å²) in [6, 6.07) is 7.56. The normalized spacial score (nSPS) is 26.3. The molecular formula is C14H21NO2S. The van der Waals surface area contributed by atoms with Crippen LogP contribution < -0.4 is 10.5 Å². The minimum Gasteiger partial charge on any atom is -0.492 e. The Bertz CT molecular complexity index is 447. The molecule has 0 radical (unpaired) electrons. The van der Waals surface area contributed by atoms with Crippen LogP contribution in [0.4, 0.5) is 0 Å². The molecule has 2 N–H and O–H groups in total. The molecule has 0 aliphatic carbocycles. The molecule has 1 aromatic rings. The van der Waals surface area contributed by atoms with E-state index in [2.05, 4.69) is 13.8 Å². The fraction of sp³-hybridized carbons (Fsp3) is 0.571. The molecule has 18 heavy (non-hydrogen) atoms. The third-order valence-electron chi connectivity index (χ3n) is 3.69. The summed E-state index contributed by atoms with van der Waals surface area (Å²) in [5.41, 5.74) is 7.23. The number of para-hydroxylation sites is 1. The Morgan fingerprint density at radius 2 is 2.00 bits per heavy atom. The van der Waals surface area contributed by atoms with Crippen LogP contribution in [0.15, 0.2) is 24.3 Å². The Kier molecular flexibility index (Phi) is 4.07. The van der Waals surface area contributed by atoms with Gasteiger partial charge in [-0.1, -0.05) is 39.0 Å². The predicted octanol–water partition coefficient (Wildman–Crippen LogP) is 2.24. The molecule has 100 valence electrons. The molecule has 0 fully saturated rings. The second-order valence-electron chi connectivity index (χ2n) is 5.19. The van der Waals surface area contributed by atoms with Crippen LogP contribution in [0, 0.1) is 5.92 Å². The van der Waals surface area contributed by atoms with E-state index >= 15 is 0 Å². The van der Waals surface area contributed by atoms with Crippen molar-refractivity contribution in [3.63, 3.8) is 0 Å². The van der Waals surface area contributed by atoms with Crippen molar-refractivity contribution in [3.8, 4) is 5.75 Å². The number of nitrogens with two attached hydrogens (primary N) is 1. The highest BCUT2D eigenvalue weighted by Gasteiger charge is 2.35. The van der Waals surface area contributed by atoms with Crippen molar-refractivity contribution in [3.05, 3.63) is 29.8 Å². The maximum Gasteiger partial charge on any atom is 0.124 e. The molecule has 1 aromatic carbocycles. The largest absolute Gasteiger partial charge is 0.492 e. The lowest BCUT2D eigenvalue weighted by atomic mass is 10.0. The van der Waals surface area contributed by atoms with Crippen molar-refractivity contribution >= 4 is 10.8 Å². The van der Waals surface area contributed by atoms with Gasteiger partial charge < -0.3 is 10.5 Å². The summed E-state index contributed by atoms with van der Waals surface area (Å²) in [6.07, 6.45) is 0. The van der Waals surface area contributed by atoms with Gasteiger partial charge in [0.05, 0.1) is 11.3 Å². The fourth-order valence-electron chi connectivity index (χ4n) is 2.12. The summed E-state index contributed by atoms with van der Waals surface area (Å²) in [5, 5.41) is 0.0206. The van der Waals surface area contributed by atoms with Gasteiger partial charge in [-0.25, -0.2) is 0 Å². The number of fused-ring (bicyclic) bond motifs is 1. The van der Waals surface area contributed by atoms with Crippen LogP contribution >= 0.6 is 0 Å². The molecular weight excluding hydrogens is 246 g/mol. The van der Waals surface area contributed by atoms with Gasteiger partial charge >= 0.3 is 0 Å². The zero-order valence-electron chi connectivity index (χ0n) is 11.1. The monoisotopic (exact) mass is 267 g/mol. The summed E-state index contributed by atoms with van der Waals surface area (Å²) >= 11 is 0. The smallest absolute Gasteiger partial charge is 0.124 e. The molecule has 4 atom stereocenters. The Morgan fingerprint density at radius 1 is 1.33 bits per heavy atom. The van der Waals surface area contributed by atoms with E-state index in [0.717, 1.165) is 11.3 Å². The molecule has 1 heterocycles. The highest BCUT2D eigenvalue weighted by Crippen LogP contribution is 2.33. The molecule has 0 amide bonds.